The quantitative estimate of drug-likeness (QED) is 0.537. The van der Waals surface area contributed by atoms with Crippen molar-refractivity contribution in [3.8, 4) is 5.75 Å². The Morgan fingerprint density at radius 2 is 2.18 bits per heavy atom. The molecule has 0 atom stereocenters. The summed E-state index contributed by atoms with van der Waals surface area (Å²) in [6, 6.07) is 8.03. The molecule has 3 heterocycles. The number of benzene rings is 1. The van der Waals surface area contributed by atoms with Crippen molar-refractivity contribution < 1.29 is 14.6 Å². The molecule has 0 fully saturated rings. The number of pyridine rings is 1. The number of rotatable bonds is 0. The standard InChI is InChI=1S/C16H13IN2O3/c17-15-14-13(11-3-1-2-4-12(11)18-15)10-5-6-19(16(20)21)7-9(10)8-22-14/h1-4H,5-8H2,(H,20,21). The first-order valence-electron chi connectivity index (χ1n) is 7.05. The van der Waals surface area contributed by atoms with Gasteiger partial charge in [-0.2, -0.15) is 0 Å². The average molecular weight is 408 g/mol. The van der Waals surface area contributed by atoms with Gasteiger partial charge in [0.05, 0.1) is 5.52 Å². The molecule has 2 aliphatic heterocycles. The number of para-hydroxylation sites is 1. The monoisotopic (exact) mass is 408 g/mol. The number of nitrogens with zero attached hydrogens (tertiary/aromatic N) is 2. The maximum Gasteiger partial charge on any atom is 0.407 e. The Bertz CT molecular complexity index is 831. The van der Waals surface area contributed by atoms with Crippen molar-refractivity contribution in [1.82, 2.24) is 9.88 Å². The molecule has 5 nitrogen and oxygen atoms in total. The van der Waals surface area contributed by atoms with Crippen LogP contribution in [0.25, 0.3) is 16.5 Å². The van der Waals surface area contributed by atoms with Crippen LogP contribution < -0.4 is 4.74 Å². The van der Waals surface area contributed by atoms with E-state index in [0.29, 0.717) is 19.7 Å². The van der Waals surface area contributed by atoms with Gasteiger partial charge < -0.3 is 14.7 Å². The van der Waals surface area contributed by atoms with E-state index in [2.05, 4.69) is 33.6 Å². The van der Waals surface area contributed by atoms with E-state index in [1.807, 2.05) is 18.2 Å². The molecule has 0 saturated carbocycles. The van der Waals surface area contributed by atoms with Crippen LogP contribution in [-0.2, 0) is 0 Å². The van der Waals surface area contributed by atoms with Crippen molar-refractivity contribution in [3.05, 3.63) is 39.1 Å². The highest BCUT2D eigenvalue weighted by Crippen LogP contribution is 2.43. The zero-order valence-corrected chi connectivity index (χ0v) is 13.8. The number of hydrogen-bond donors (Lipinski definition) is 1. The van der Waals surface area contributed by atoms with E-state index in [1.165, 1.54) is 10.5 Å². The first-order chi connectivity index (χ1) is 10.6. The Kier molecular flexibility index (Phi) is 3.21. The van der Waals surface area contributed by atoms with Gasteiger partial charge in [-0.25, -0.2) is 9.78 Å². The van der Waals surface area contributed by atoms with Crippen LogP contribution in [0.1, 0.15) is 12.0 Å². The zero-order chi connectivity index (χ0) is 15.3. The number of halogens is 1. The van der Waals surface area contributed by atoms with E-state index in [4.69, 9.17) is 4.74 Å². The SMILES string of the molecule is O=C(O)N1CCC2=C(COc3c(I)nc4ccccc4c32)C1. The number of carboxylic acid groups (broad SMARTS) is 1. The summed E-state index contributed by atoms with van der Waals surface area (Å²) in [7, 11) is 0. The molecule has 1 aromatic heterocycles. The van der Waals surface area contributed by atoms with Crippen molar-refractivity contribution in [2.24, 2.45) is 0 Å². The molecule has 0 saturated heterocycles. The minimum Gasteiger partial charge on any atom is -0.486 e. The fourth-order valence-corrected chi connectivity index (χ4v) is 3.87. The van der Waals surface area contributed by atoms with Crippen LogP contribution in [0.3, 0.4) is 0 Å². The van der Waals surface area contributed by atoms with Crippen molar-refractivity contribution >= 4 is 45.2 Å². The smallest absolute Gasteiger partial charge is 0.407 e. The molecule has 2 aromatic rings. The molecule has 0 aliphatic carbocycles. The Balaban J connectivity index is 1.93. The Hall–Kier alpha value is -1.83. The third-order valence-electron chi connectivity index (χ3n) is 4.21. The van der Waals surface area contributed by atoms with Gasteiger partial charge in [-0.15, -0.1) is 0 Å². The molecule has 6 heteroatoms. The van der Waals surface area contributed by atoms with E-state index in [-0.39, 0.29) is 0 Å². The Morgan fingerprint density at radius 1 is 1.36 bits per heavy atom. The summed E-state index contributed by atoms with van der Waals surface area (Å²) in [6.45, 7) is 1.40. The molecule has 1 N–H and O–H groups in total. The minimum absolute atomic E-state index is 0.428. The van der Waals surface area contributed by atoms with Gasteiger partial charge in [-0.05, 0) is 46.2 Å². The van der Waals surface area contributed by atoms with Crippen molar-refractivity contribution in [2.45, 2.75) is 6.42 Å². The number of fused-ring (bicyclic) bond motifs is 4. The second-order valence-corrected chi connectivity index (χ2v) is 6.47. The molecule has 112 valence electrons. The maximum atomic E-state index is 11.2. The van der Waals surface area contributed by atoms with E-state index in [9.17, 15) is 9.90 Å². The van der Waals surface area contributed by atoms with Gasteiger partial charge in [-0.1, -0.05) is 18.2 Å². The molecule has 2 aliphatic rings. The fraction of sp³-hybridized carbons (Fsp3) is 0.250. The topological polar surface area (TPSA) is 62.7 Å². The zero-order valence-electron chi connectivity index (χ0n) is 11.7. The van der Waals surface area contributed by atoms with Crippen LogP contribution >= 0.6 is 22.6 Å². The normalized spacial score (nSPS) is 17.0. The highest BCUT2D eigenvalue weighted by atomic mass is 127. The molecule has 4 rings (SSSR count). The molecular weight excluding hydrogens is 395 g/mol. The molecule has 22 heavy (non-hydrogen) atoms. The number of ether oxygens (including phenoxy) is 1. The van der Waals surface area contributed by atoms with Crippen LogP contribution in [0.2, 0.25) is 0 Å². The van der Waals surface area contributed by atoms with Crippen LogP contribution in [-0.4, -0.2) is 40.8 Å². The summed E-state index contributed by atoms with van der Waals surface area (Å²) >= 11 is 2.21. The Labute approximate surface area is 140 Å². The molecule has 1 aromatic carbocycles. The summed E-state index contributed by atoms with van der Waals surface area (Å²) in [5.41, 5.74) is 4.34. The highest BCUT2D eigenvalue weighted by molar-refractivity contribution is 14.1. The minimum atomic E-state index is -0.869. The highest BCUT2D eigenvalue weighted by Gasteiger charge is 2.30. The average Bonchev–Trinajstić information content (AvgIpc) is 2.53. The van der Waals surface area contributed by atoms with E-state index in [1.54, 1.807) is 0 Å². The molecular formula is C16H13IN2O3. The van der Waals surface area contributed by atoms with Crippen LogP contribution in [0.5, 0.6) is 5.75 Å². The molecule has 0 bridgehead atoms. The summed E-state index contributed by atoms with van der Waals surface area (Å²) < 4.78 is 6.77. The number of aromatic nitrogens is 1. The summed E-state index contributed by atoms with van der Waals surface area (Å²) in [6.07, 6.45) is -0.145. The first kappa shape index (κ1) is 13.8. The molecule has 0 unspecified atom stereocenters. The van der Waals surface area contributed by atoms with E-state index < -0.39 is 6.09 Å². The van der Waals surface area contributed by atoms with Gasteiger partial charge in [0.2, 0.25) is 0 Å². The summed E-state index contributed by atoms with van der Waals surface area (Å²) in [5, 5.41) is 10.3. The van der Waals surface area contributed by atoms with Crippen LogP contribution in [0, 0.1) is 3.70 Å². The summed E-state index contributed by atoms with van der Waals surface area (Å²) in [4.78, 5) is 17.2. The first-order valence-corrected chi connectivity index (χ1v) is 8.13. The second-order valence-electron chi connectivity index (χ2n) is 5.45. The second kappa shape index (κ2) is 5.12. The van der Waals surface area contributed by atoms with Crippen LogP contribution in [0.15, 0.2) is 29.8 Å². The molecule has 1 amide bonds. The van der Waals surface area contributed by atoms with Gasteiger partial charge in [0.25, 0.3) is 0 Å². The van der Waals surface area contributed by atoms with Gasteiger partial charge in [0.1, 0.15) is 10.3 Å². The largest absolute Gasteiger partial charge is 0.486 e. The summed E-state index contributed by atoms with van der Waals surface area (Å²) in [5.74, 6) is 0.835. The van der Waals surface area contributed by atoms with Crippen LogP contribution in [0.4, 0.5) is 4.79 Å². The lowest BCUT2D eigenvalue weighted by atomic mass is 9.89. The fourth-order valence-electron chi connectivity index (χ4n) is 3.18. The predicted molar refractivity (Wildman–Crippen MR) is 91.1 cm³/mol. The lowest BCUT2D eigenvalue weighted by Gasteiger charge is -2.33. The van der Waals surface area contributed by atoms with E-state index >= 15 is 0 Å². The third kappa shape index (κ3) is 2.05. The molecule has 0 radical (unpaired) electrons. The van der Waals surface area contributed by atoms with Crippen molar-refractivity contribution in [3.63, 3.8) is 0 Å². The van der Waals surface area contributed by atoms with Gasteiger partial charge in [0.15, 0.2) is 5.75 Å². The number of hydrogen-bond acceptors (Lipinski definition) is 3. The lowest BCUT2D eigenvalue weighted by Crippen LogP contribution is -2.38. The van der Waals surface area contributed by atoms with Crippen molar-refractivity contribution in [1.29, 1.82) is 0 Å². The molecule has 0 spiro atoms. The van der Waals surface area contributed by atoms with Gasteiger partial charge >= 0.3 is 6.09 Å². The third-order valence-corrected chi connectivity index (χ3v) is 4.94. The van der Waals surface area contributed by atoms with Crippen molar-refractivity contribution in [2.75, 3.05) is 19.7 Å². The predicted octanol–water partition coefficient (Wildman–Crippen LogP) is 3.37. The van der Waals surface area contributed by atoms with Gasteiger partial charge in [-0.3, -0.25) is 0 Å². The number of carbonyl (C=O) groups is 1. The van der Waals surface area contributed by atoms with E-state index in [0.717, 1.165) is 37.9 Å². The number of amides is 1. The lowest BCUT2D eigenvalue weighted by molar-refractivity contribution is 0.146. The maximum absolute atomic E-state index is 11.2. The Morgan fingerprint density at radius 3 is 3.00 bits per heavy atom. The van der Waals surface area contributed by atoms with Gasteiger partial charge in [0, 0.05) is 24.0 Å².